The largest absolute Gasteiger partial charge is 0.388 e. The van der Waals surface area contributed by atoms with E-state index in [2.05, 4.69) is 15.0 Å². The lowest BCUT2D eigenvalue weighted by molar-refractivity contribution is -0.121. The van der Waals surface area contributed by atoms with E-state index in [-0.39, 0.29) is 9.88 Å². The van der Waals surface area contributed by atoms with E-state index >= 15 is 0 Å². The molecule has 4 N–H and O–H groups in total. The molecule has 1 amide bonds. The van der Waals surface area contributed by atoms with E-state index in [9.17, 15) is 13.2 Å². The highest BCUT2D eigenvalue weighted by atomic mass is 32.2. The molecular formula is C10H14N4O3S2. The molecule has 0 aromatic carbocycles. The molecule has 1 heterocycles. The number of amides is 1. The summed E-state index contributed by atoms with van der Waals surface area (Å²) in [6.45, 7) is 1.44. The van der Waals surface area contributed by atoms with Gasteiger partial charge in [-0.25, -0.2) is 8.42 Å². The van der Waals surface area contributed by atoms with Crippen LogP contribution in [0.1, 0.15) is 12.6 Å². The number of nitrogens with one attached hydrogen (secondary N) is 2. The molecule has 0 aliphatic rings. The van der Waals surface area contributed by atoms with E-state index in [0.717, 1.165) is 6.20 Å². The van der Waals surface area contributed by atoms with Crippen molar-refractivity contribution in [3.05, 3.63) is 24.0 Å². The van der Waals surface area contributed by atoms with Crippen molar-refractivity contribution in [3.8, 4) is 0 Å². The standard InChI is InChI=1S/C10H14N4O3S2/c1-6(10(15)12-2)14-19(16,17)7-3-4-8(9(11)18)13-5-7/h3-6,14H,1-2H3,(H2,11,18)(H,12,15). The van der Waals surface area contributed by atoms with Gasteiger partial charge in [0.15, 0.2) is 0 Å². The molecule has 0 saturated carbocycles. The number of nitrogens with two attached hydrogens (primary N) is 1. The summed E-state index contributed by atoms with van der Waals surface area (Å²) in [6.07, 6.45) is 1.13. The zero-order chi connectivity index (χ0) is 14.6. The number of pyridine rings is 1. The van der Waals surface area contributed by atoms with Crippen molar-refractivity contribution in [1.82, 2.24) is 15.0 Å². The van der Waals surface area contributed by atoms with Crippen LogP contribution in [0.4, 0.5) is 0 Å². The molecule has 1 rings (SSSR count). The molecule has 9 heteroatoms. The molecule has 0 fully saturated rings. The van der Waals surface area contributed by atoms with Gasteiger partial charge in [0.1, 0.15) is 9.88 Å². The van der Waals surface area contributed by atoms with Crippen molar-refractivity contribution >= 4 is 33.1 Å². The molecule has 19 heavy (non-hydrogen) atoms. The van der Waals surface area contributed by atoms with Gasteiger partial charge in [0.25, 0.3) is 0 Å². The summed E-state index contributed by atoms with van der Waals surface area (Å²) in [4.78, 5) is 15.1. The second kappa shape index (κ2) is 6.04. The third-order valence-electron chi connectivity index (χ3n) is 2.27. The predicted molar refractivity (Wildman–Crippen MR) is 74.0 cm³/mol. The predicted octanol–water partition coefficient (Wildman–Crippen LogP) is -0.871. The van der Waals surface area contributed by atoms with Gasteiger partial charge >= 0.3 is 0 Å². The number of hydrogen-bond donors (Lipinski definition) is 3. The van der Waals surface area contributed by atoms with Crippen molar-refractivity contribution in [3.63, 3.8) is 0 Å². The Morgan fingerprint density at radius 3 is 2.53 bits per heavy atom. The summed E-state index contributed by atoms with van der Waals surface area (Å²) in [5.41, 5.74) is 5.69. The highest BCUT2D eigenvalue weighted by Crippen LogP contribution is 2.08. The number of likely N-dealkylation sites (N-methyl/N-ethyl adjacent to an activating group) is 1. The van der Waals surface area contributed by atoms with Crippen LogP contribution in [0.25, 0.3) is 0 Å². The van der Waals surface area contributed by atoms with Gasteiger partial charge in [-0.2, -0.15) is 4.72 Å². The van der Waals surface area contributed by atoms with Crippen LogP contribution in [0, 0.1) is 0 Å². The summed E-state index contributed by atoms with van der Waals surface area (Å²) in [5, 5.41) is 2.35. The molecule has 0 radical (unpaired) electrons. The Kier molecular flexibility index (Phi) is 4.92. The molecule has 0 aliphatic heterocycles. The number of carbonyl (C=O) groups is 1. The Morgan fingerprint density at radius 2 is 2.11 bits per heavy atom. The number of carbonyl (C=O) groups excluding carboxylic acids is 1. The van der Waals surface area contributed by atoms with Gasteiger partial charge in [-0.3, -0.25) is 9.78 Å². The number of thiocarbonyl (C=S) groups is 1. The SMILES string of the molecule is CNC(=O)C(C)NS(=O)(=O)c1ccc(C(N)=S)nc1. The van der Waals surface area contributed by atoms with Gasteiger partial charge in [-0.05, 0) is 19.1 Å². The van der Waals surface area contributed by atoms with Crippen molar-refractivity contribution < 1.29 is 13.2 Å². The summed E-state index contributed by atoms with van der Waals surface area (Å²) < 4.78 is 26.1. The first-order chi connectivity index (χ1) is 8.77. The maximum Gasteiger partial charge on any atom is 0.242 e. The summed E-state index contributed by atoms with van der Waals surface area (Å²) in [5.74, 6) is -0.434. The molecular weight excluding hydrogens is 288 g/mol. The second-order valence-electron chi connectivity index (χ2n) is 3.70. The summed E-state index contributed by atoms with van der Waals surface area (Å²) >= 11 is 4.72. The van der Waals surface area contributed by atoms with Crippen LogP contribution in [-0.2, 0) is 14.8 Å². The first-order valence-corrected chi connectivity index (χ1v) is 7.17. The quantitative estimate of drug-likeness (QED) is 0.609. The number of aromatic nitrogens is 1. The van der Waals surface area contributed by atoms with Crippen molar-refractivity contribution in [2.75, 3.05) is 7.05 Å². The topological polar surface area (TPSA) is 114 Å². The smallest absolute Gasteiger partial charge is 0.242 e. The Labute approximate surface area is 116 Å². The van der Waals surface area contributed by atoms with Gasteiger partial charge in [-0.1, -0.05) is 12.2 Å². The highest BCUT2D eigenvalue weighted by molar-refractivity contribution is 7.89. The van der Waals surface area contributed by atoms with E-state index in [1.807, 2.05) is 0 Å². The molecule has 104 valence electrons. The van der Waals surface area contributed by atoms with E-state index in [0.29, 0.717) is 5.69 Å². The third kappa shape index (κ3) is 3.94. The first-order valence-electron chi connectivity index (χ1n) is 5.27. The van der Waals surface area contributed by atoms with E-state index in [1.165, 1.54) is 26.1 Å². The van der Waals surface area contributed by atoms with E-state index in [1.54, 1.807) is 0 Å². The number of rotatable bonds is 5. The average Bonchev–Trinajstić information content (AvgIpc) is 2.37. The first kappa shape index (κ1) is 15.5. The molecule has 1 aromatic heterocycles. The zero-order valence-corrected chi connectivity index (χ0v) is 12.0. The Balaban J connectivity index is 2.94. The molecule has 0 saturated heterocycles. The van der Waals surface area contributed by atoms with Crippen LogP contribution in [0.3, 0.4) is 0 Å². The molecule has 0 aliphatic carbocycles. The fourth-order valence-corrected chi connectivity index (χ4v) is 2.52. The maximum absolute atomic E-state index is 11.9. The molecule has 7 nitrogen and oxygen atoms in total. The lowest BCUT2D eigenvalue weighted by Crippen LogP contribution is -2.43. The minimum absolute atomic E-state index is 0.0664. The van der Waals surface area contributed by atoms with Gasteiger partial charge in [0, 0.05) is 13.2 Å². The lowest BCUT2D eigenvalue weighted by Gasteiger charge is -2.12. The molecule has 0 bridgehead atoms. The van der Waals surface area contributed by atoms with Crippen LogP contribution < -0.4 is 15.8 Å². The fraction of sp³-hybridized carbons (Fsp3) is 0.300. The zero-order valence-electron chi connectivity index (χ0n) is 10.4. The normalized spacial score (nSPS) is 12.7. The monoisotopic (exact) mass is 302 g/mol. The van der Waals surface area contributed by atoms with Crippen molar-refractivity contribution in [2.24, 2.45) is 5.73 Å². The maximum atomic E-state index is 11.9. The van der Waals surface area contributed by atoms with Crippen LogP contribution >= 0.6 is 12.2 Å². The molecule has 0 spiro atoms. The molecule has 1 unspecified atom stereocenters. The van der Waals surface area contributed by atoms with E-state index < -0.39 is 22.0 Å². The van der Waals surface area contributed by atoms with Crippen LogP contribution in [0.15, 0.2) is 23.2 Å². The number of hydrogen-bond acceptors (Lipinski definition) is 5. The van der Waals surface area contributed by atoms with Gasteiger partial charge < -0.3 is 11.1 Å². The lowest BCUT2D eigenvalue weighted by atomic mass is 10.3. The Bertz CT molecular complexity index is 583. The van der Waals surface area contributed by atoms with Crippen LogP contribution in [0.2, 0.25) is 0 Å². The summed E-state index contributed by atoms with van der Waals surface area (Å²) in [6, 6.07) is 1.84. The number of nitrogens with zero attached hydrogens (tertiary/aromatic N) is 1. The van der Waals surface area contributed by atoms with Crippen LogP contribution in [-0.4, -0.2) is 37.4 Å². The second-order valence-corrected chi connectivity index (χ2v) is 5.85. The Morgan fingerprint density at radius 1 is 1.47 bits per heavy atom. The van der Waals surface area contributed by atoms with Crippen molar-refractivity contribution in [1.29, 1.82) is 0 Å². The van der Waals surface area contributed by atoms with Gasteiger partial charge in [-0.15, -0.1) is 0 Å². The Hall–Kier alpha value is -1.58. The minimum Gasteiger partial charge on any atom is -0.388 e. The third-order valence-corrected chi connectivity index (χ3v) is 4.01. The minimum atomic E-state index is -3.81. The average molecular weight is 302 g/mol. The van der Waals surface area contributed by atoms with E-state index in [4.69, 9.17) is 18.0 Å². The fourth-order valence-electron chi connectivity index (χ4n) is 1.26. The molecule has 1 atom stereocenters. The van der Waals surface area contributed by atoms with Crippen molar-refractivity contribution in [2.45, 2.75) is 17.9 Å². The van der Waals surface area contributed by atoms with Crippen LogP contribution in [0.5, 0.6) is 0 Å². The van der Waals surface area contributed by atoms with Gasteiger partial charge in [0.05, 0.1) is 11.7 Å². The highest BCUT2D eigenvalue weighted by Gasteiger charge is 2.21. The number of sulfonamides is 1. The van der Waals surface area contributed by atoms with Gasteiger partial charge in [0.2, 0.25) is 15.9 Å². The molecule has 1 aromatic rings. The summed E-state index contributed by atoms with van der Waals surface area (Å²) in [7, 11) is -2.39.